The highest BCUT2D eigenvalue weighted by Crippen LogP contribution is 2.42. The summed E-state index contributed by atoms with van der Waals surface area (Å²) in [6.45, 7) is 1.77. The Labute approximate surface area is 151 Å². The molecule has 1 aromatic heterocycles. The minimum atomic E-state index is -0.202. The zero-order valence-corrected chi connectivity index (χ0v) is 14.7. The van der Waals surface area contributed by atoms with Crippen LogP contribution in [0.3, 0.4) is 0 Å². The van der Waals surface area contributed by atoms with Crippen LogP contribution in [0.15, 0.2) is 24.3 Å². The first-order chi connectivity index (χ1) is 12.5. The summed E-state index contributed by atoms with van der Waals surface area (Å²) in [6.07, 6.45) is 4.51. The number of carbonyl (C=O) groups is 2. The summed E-state index contributed by atoms with van der Waals surface area (Å²) < 4.78 is 1.44. The highest BCUT2D eigenvalue weighted by molar-refractivity contribution is 5.91. The van der Waals surface area contributed by atoms with Gasteiger partial charge >= 0.3 is 6.03 Å². The number of hydrogen-bond donors (Lipinski definition) is 3. The molecule has 136 valence electrons. The second-order valence-electron chi connectivity index (χ2n) is 7.00. The van der Waals surface area contributed by atoms with Crippen LogP contribution in [-0.4, -0.2) is 32.9 Å². The average molecular weight is 354 g/mol. The van der Waals surface area contributed by atoms with E-state index >= 15 is 0 Å². The number of benzene rings is 1. The Balaban J connectivity index is 1.62. The zero-order chi connectivity index (χ0) is 18.3. The van der Waals surface area contributed by atoms with Crippen LogP contribution in [0, 0.1) is 0 Å². The van der Waals surface area contributed by atoms with Crippen molar-refractivity contribution in [1.82, 2.24) is 15.1 Å². The van der Waals surface area contributed by atoms with Crippen molar-refractivity contribution in [1.29, 1.82) is 0 Å². The Kier molecular flexibility index (Phi) is 4.14. The summed E-state index contributed by atoms with van der Waals surface area (Å²) >= 11 is 0. The number of rotatable bonds is 5. The molecule has 2 aliphatic rings. The monoisotopic (exact) mass is 354 g/mol. The van der Waals surface area contributed by atoms with Gasteiger partial charge in [0.1, 0.15) is 5.75 Å². The van der Waals surface area contributed by atoms with Crippen molar-refractivity contribution in [3.05, 3.63) is 30.0 Å². The third-order valence-corrected chi connectivity index (χ3v) is 4.71. The number of aromatic nitrogens is 2. The fourth-order valence-electron chi connectivity index (χ4n) is 2.90. The summed E-state index contributed by atoms with van der Waals surface area (Å²) in [7, 11) is 0. The largest absolute Gasteiger partial charge is 0.507 e. The quantitative estimate of drug-likeness (QED) is 0.768. The summed E-state index contributed by atoms with van der Waals surface area (Å²) in [4.78, 5) is 24.0. The maximum atomic E-state index is 12.5. The van der Waals surface area contributed by atoms with Crippen LogP contribution < -0.4 is 10.6 Å². The lowest BCUT2D eigenvalue weighted by Gasteiger charge is -2.07. The Morgan fingerprint density at radius 2 is 2.00 bits per heavy atom. The van der Waals surface area contributed by atoms with Crippen LogP contribution in [0.1, 0.15) is 50.6 Å². The maximum Gasteiger partial charge on any atom is 0.342 e. The van der Waals surface area contributed by atoms with Crippen molar-refractivity contribution in [3.8, 4) is 17.0 Å². The van der Waals surface area contributed by atoms with Crippen molar-refractivity contribution < 1.29 is 14.7 Å². The molecule has 0 atom stereocenters. The molecule has 4 rings (SSSR count). The molecule has 2 fully saturated rings. The number of hydrogen-bond acceptors (Lipinski definition) is 4. The van der Waals surface area contributed by atoms with Gasteiger partial charge in [-0.3, -0.25) is 4.79 Å². The Morgan fingerprint density at radius 1 is 1.23 bits per heavy atom. The molecule has 1 heterocycles. The van der Waals surface area contributed by atoms with E-state index in [1.165, 1.54) is 10.7 Å². The normalized spacial score (nSPS) is 16.3. The minimum Gasteiger partial charge on any atom is -0.507 e. The van der Waals surface area contributed by atoms with Crippen molar-refractivity contribution >= 4 is 17.6 Å². The lowest BCUT2D eigenvalue weighted by molar-refractivity contribution is -0.115. The summed E-state index contributed by atoms with van der Waals surface area (Å²) in [6, 6.07) is 6.88. The van der Waals surface area contributed by atoms with E-state index in [1.807, 2.05) is 6.07 Å². The Hall–Kier alpha value is -2.83. The van der Waals surface area contributed by atoms with E-state index in [4.69, 9.17) is 0 Å². The van der Waals surface area contributed by atoms with E-state index in [-0.39, 0.29) is 23.7 Å². The van der Waals surface area contributed by atoms with Crippen LogP contribution in [0.5, 0.6) is 5.75 Å². The number of aromatic hydroxyl groups is 1. The van der Waals surface area contributed by atoms with Crippen molar-refractivity contribution in [3.63, 3.8) is 0 Å². The number of nitrogens with zero attached hydrogens (tertiary/aromatic N) is 2. The lowest BCUT2D eigenvalue weighted by Crippen LogP contribution is -2.32. The fraction of sp³-hybridized carbons (Fsp3) is 0.421. The minimum absolute atomic E-state index is 0.0218. The topological polar surface area (TPSA) is 96.3 Å². The molecule has 7 heteroatoms. The molecule has 26 heavy (non-hydrogen) atoms. The molecule has 0 aliphatic heterocycles. The van der Waals surface area contributed by atoms with Crippen LogP contribution in [-0.2, 0) is 4.79 Å². The van der Waals surface area contributed by atoms with Crippen LogP contribution in [0.25, 0.3) is 11.3 Å². The van der Waals surface area contributed by atoms with Gasteiger partial charge in [0.15, 0.2) is 0 Å². The Morgan fingerprint density at radius 3 is 2.62 bits per heavy atom. The second kappa shape index (κ2) is 6.48. The first-order valence-corrected chi connectivity index (χ1v) is 9.09. The van der Waals surface area contributed by atoms with E-state index in [0.29, 0.717) is 29.3 Å². The van der Waals surface area contributed by atoms with Crippen LogP contribution >= 0.6 is 0 Å². The average Bonchev–Trinajstić information content (AvgIpc) is 3.55. The first-order valence-electron chi connectivity index (χ1n) is 9.09. The van der Waals surface area contributed by atoms with Gasteiger partial charge in [0.05, 0.1) is 11.4 Å². The molecule has 2 amide bonds. The number of phenols is 1. The van der Waals surface area contributed by atoms with E-state index < -0.39 is 0 Å². The number of phenolic OH excluding ortho intramolecular Hbond substituents is 1. The molecule has 0 radical (unpaired) electrons. The number of anilines is 1. The molecule has 0 bridgehead atoms. The molecule has 2 aromatic rings. The molecule has 2 saturated carbocycles. The molecule has 1 aromatic carbocycles. The van der Waals surface area contributed by atoms with E-state index in [9.17, 15) is 14.7 Å². The highest BCUT2D eigenvalue weighted by Gasteiger charge is 2.32. The van der Waals surface area contributed by atoms with Gasteiger partial charge in [-0.2, -0.15) is 9.78 Å². The number of amides is 2. The predicted octanol–water partition coefficient (Wildman–Crippen LogP) is 3.20. The molecule has 0 unspecified atom stereocenters. The highest BCUT2D eigenvalue weighted by atomic mass is 16.3. The van der Waals surface area contributed by atoms with E-state index in [0.717, 1.165) is 31.4 Å². The molecule has 0 saturated heterocycles. The molecule has 3 N–H and O–H groups in total. The molecule has 7 nitrogen and oxygen atoms in total. The van der Waals surface area contributed by atoms with Gasteiger partial charge in [-0.25, -0.2) is 4.79 Å². The van der Waals surface area contributed by atoms with Crippen molar-refractivity contribution in [2.45, 2.75) is 51.0 Å². The molecule has 2 aliphatic carbocycles. The van der Waals surface area contributed by atoms with Gasteiger partial charge < -0.3 is 15.7 Å². The third kappa shape index (κ3) is 3.42. The SMILES string of the molecule is CCC(=O)Nc1ccc(-c2cc(C3CC3)n(C(=O)NC3CC3)n2)c(O)c1. The van der Waals surface area contributed by atoms with Gasteiger partial charge in [0, 0.05) is 35.7 Å². The van der Waals surface area contributed by atoms with Crippen molar-refractivity contribution in [2.75, 3.05) is 5.32 Å². The first kappa shape index (κ1) is 16.6. The predicted molar refractivity (Wildman–Crippen MR) is 97.2 cm³/mol. The van der Waals surface area contributed by atoms with Crippen LogP contribution in [0.4, 0.5) is 10.5 Å². The third-order valence-electron chi connectivity index (χ3n) is 4.71. The standard InChI is InChI=1S/C19H22N4O3/c1-2-18(25)20-13-7-8-14(17(24)9-13)15-10-16(11-3-4-11)23(22-15)19(26)21-12-5-6-12/h7-12,24H,2-6H2,1H3,(H,20,25)(H,21,26). The number of carbonyl (C=O) groups excluding carboxylic acids is 2. The van der Waals surface area contributed by atoms with Gasteiger partial charge in [0.25, 0.3) is 0 Å². The smallest absolute Gasteiger partial charge is 0.342 e. The van der Waals surface area contributed by atoms with Gasteiger partial charge in [0.2, 0.25) is 5.91 Å². The molecular weight excluding hydrogens is 332 g/mol. The lowest BCUT2D eigenvalue weighted by atomic mass is 10.1. The van der Waals surface area contributed by atoms with Crippen molar-refractivity contribution in [2.24, 2.45) is 0 Å². The Bertz CT molecular complexity index is 866. The second-order valence-corrected chi connectivity index (χ2v) is 7.00. The van der Waals surface area contributed by atoms with E-state index in [2.05, 4.69) is 15.7 Å². The van der Waals surface area contributed by atoms with Gasteiger partial charge in [-0.1, -0.05) is 6.92 Å². The molecular formula is C19H22N4O3. The van der Waals surface area contributed by atoms with Crippen LogP contribution in [0.2, 0.25) is 0 Å². The zero-order valence-electron chi connectivity index (χ0n) is 14.7. The van der Waals surface area contributed by atoms with E-state index in [1.54, 1.807) is 19.1 Å². The fourth-order valence-corrected chi connectivity index (χ4v) is 2.90. The summed E-state index contributed by atoms with van der Waals surface area (Å²) in [5, 5.41) is 20.5. The van der Waals surface area contributed by atoms with Gasteiger partial charge in [-0.15, -0.1) is 0 Å². The number of nitrogens with one attached hydrogen (secondary N) is 2. The summed E-state index contributed by atoms with van der Waals surface area (Å²) in [5.74, 6) is 0.258. The summed E-state index contributed by atoms with van der Waals surface area (Å²) in [5.41, 5.74) is 2.52. The maximum absolute atomic E-state index is 12.5. The molecule has 0 spiro atoms. The van der Waals surface area contributed by atoms with Gasteiger partial charge in [-0.05, 0) is 43.9 Å².